The molecule has 0 aliphatic heterocycles. The highest BCUT2D eigenvalue weighted by Gasteiger charge is 2.21. The minimum absolute atomic E-state index is 0.00220. The van der Waals surface area contributed by atoms with Crippen LogP contribution in [0.25, 0.3) is 0 Å². The highest BCUT2D eigenvalue weighted by Crippen LogP contribution is 2.25. The SMILES string of the molecule is O=C(NNS(=O)(=O)c1ccc(Cl)cc1)c1ccc(NC(=O)C2CCCCC2)cc1. The van der Waals surface area contributed by atoms with Gasteiger partial charge in [-0.15, -0.1) is 4.83 Å². The Morgan fingerprint density at radius 2 is 1.52 bits per heavy atom. The van der Waals surface area contributed by atoms with Crippen LogP contribution in [0, 0.1) is 5.92 Å². The summed E-state index contributed by atoms with van der Waals surface area (Å²) in [5.41, 5.74) is 3.01. The third kappa shape index (κ3) is 5.79. The lowest BCUT2D eigenvalue weighted by Gasteiger charge is -2.20. The van der Waals surface area contributed by atoms with Crippen molar-refractivity contribution in [3.05, 3.63) is 59.1 Å². The molecule has 3 rings (SSSR count). The summed E-state index contributed by atoms with van der Waals surface area (Å²) >= 11 is 5.75. The molecule has 2 aromatic carbocycles. The summed E-state index contributed by atoms with van der Waals surface area (Å²) in [6, 6.07) is 11.8. The van der Waals surface area contributed by atoms with Gasteiger partial charge >= 0.3 is 0 Å². The smallest absolute Gasteiger partial charge is 0.266 e. The van der Waals surface area contributed by atoms with E-state index in [0.29, 0.717) is 10.7 Å². The van der Waals surface area contributed by atoms with Crippen LogP contribution in [-0.2, 0) is 14.8 Å². The monoisotopic (exact) mass is 435 g/mol. The van der Waals surface area contributed by atoms with Crippen molar-refractivity contribution < 1.29 is 18.0 Å². The number of anilines is 1. The molecule has 1 fully saturated rings. The van der Waals surface area contributed by atoms with Crippen molar-refractivity contribution in [2.45, 2.75) is 37.0 Å². The first-order valence-corrected chi connectivity index (χ1v) is 11.2. The van der Waals surface area contributed by atoms with E-state index >= 15 is 0 Å². The Kier molecular flexibility index (Phi) is 6.89. The van der Waals surface area contributed by atoms with E-state index in [1.807, 2.05) is 4.83 Å². The minimum Gasteiger partial charge on any atom is -0.326 e. The summed E-state index contributed by atoms with van der Waals surface area (Å²) in [6.45, 7) is 0. The van der Waals surface area contributed by atoms with Gasteiger partial charge in [0, 0.05) is 22.2 Å². The van der Waals surface area contributed by atoms with Crippen molar-refractivity contribution in [2.75, 3.05) is 5.32 Å². The van der Waals surface area contributed by atoms with Crippen LogP contribution in [0.4, 0.5) is 5.69 Å². The van der Waals surface area contributed by atoms with Crippen LogP contribution in [0.1, 0.15) is 42.5 Å². The number of hydrogen-bond acceptors (Lipinski definition) is 4. The molecule has 0 atom stereocenters. The Labute approximate surface area is 174 Å². The van der Waals surface area contributed by atoms with Crippen LogP contribution in [-0.4, -0.2) is 20.2 Å². The molecule has 2 amide bonds. The predicted octanol–water partition coefficient (Wildman–Crippen LogP) is 3.48. The number of nitrogens with one attached hydrogen (secondary N) is 3. The number of carbonyl (C=O) groups excluding carboxylic acids is 2. The second kappa shape index (κ2) is 9.39. The van der Waals surface area contributed by atoms with E-state index in [0.717, 1.165) is 25.7 Å². The van der Waals surface area contributed by atoms with Gasteiger partial charge in [0.1, 0.15) is 0 Å². The van der Waals surface area contributed by atoms with E-state index in [1.165, 1.54) is 42.8 Å². The van der Waals surface area contributed by atoms with Gasteiger partial charge < -0.3 is 5.32 Å². The maximum atomic E-state index is 12.3. The summed E-state index contributed by atoms with van der Waals surface area (Å²) in [6.07, 6.45) is 5.13. The molecule has 29 heavy (non-hydrogen) atoms. The van der Waals surface area contributed by atoms with Crippen molar-refractivity contribution >= 4 is 39.1 Å². The fourth-order valence-electron chi connectivity index (χ4n) is 3.17. The topological polar surface area (TPSA) is 104 Å². The van der Waals surface area contributed by atoms with E-state index in [4.69, 9.17) is 11.6 Å². The maximum Gasteiger partial charge on any atom is 0.266 e. The van der Waals surface area contributed by atoms with E-state index in [2.05, 4.69) is 10.7 Å². The molecule has 0 unspecified atom stereocenters. The fraction of sp³-hybridized carbons (Fsp3) is 0.300. The lowest BCUT2D eigenvalue weighted by molar-refractivity contribution is -0.120. The minimum atomic E-state index is -3.91. The number of hydrazine groups is 1. The van der Waals surface area contributed by atoms with Gasteiger partial charge in [0.15, 0.2) is 0 Å². The first-order chi connectivity index (χ1) is 13.8. The third-order valence-corrected chi connectivity index (χ3v) is 6.33. The van der Waals surface area contributed by atoms with Crippen molar-refractivity contribution in [3.8, 4) is 0 Å². The molecule has 0 saturated heterocycles. The second-order valence-corrected chi connectivity index (χ2v) is 9.03. The molecule has 7 nitrogen and oxygen atoms in total. The number of hydrogen-bond donors (Lipinski definition) is 3. The molecule has 0 spiro atoms. The molecule has 1 saturated carbocycles. The van der Waals surface area contributed by atoms with Gasteiger partial charge in [-0.25, -0.2) is 8.42 Å². The summed E-state index contributed by atoms with van der Waals surface area (Å²) in [5, 5.41) is 3.27. The largest absolute Gasteiger partial charge is 0.326 e. The molecule has 9 heteroatoms. The third-order valence-electron chi connectivity index (χ3n) is 4.81. The lowest BCUT2D eigenvalue weighted by Crippen LogP contribution is -2.41. The molecule has 1 aliphatic rings. The van der Waals surface area contributed by atoms with E-state index in [-0.39, 0.29) is 22.3 Å². The zero-order valence-corrected chi connectivity index (χ0v) is 17.2. The van der Waals surface area contributed by atoms with Crippen molar-refractivity contribution in [1.82, 2.24) is 10.3 Å². The quantitative estimate of drug-likeness (QED) is 0.604. The zero-order valence-electron chi connectivity index (χ0n) is 15.7. The molecular weight excluding hydrogens is 414 g/mol. The number of carbonyl (C=O) groups is 2. The summed E-state index contributed by atoms with van der Waals surface area (Å²) < 4.78 is 24.4. The Morgan fingerprint density at radius 1 is 0.897 bits per heavy atom. The number of benzene rings is 2. The Hall–Kier alpha value is -2.42. The number of amides is 2. The van der Waals surface area contributed by atoms with Gasteiger partial charge in [-0.1, -0.05) is 30.9 Å². The van der Waals surface area contributed by atoms with Gasteiger partial charge in [-0.3, -0.25) is 15.0 Å². The van der Waals surface area contributed by atoms with Crippen LogP contribution in [0.3, 0.4) is 0 Å². The molecular formula is C20H22ClN3O4S. The number of halogens is 1. The maximum absolute atomic E-state index is 12.3. The molecule has 0 aromatic heterocycles. The predicted molar refractivity (Wildman–Crippen MR) is 111 cm³/mol. The Morgan fingerprint density at radius 3 is 2.14 bits per heavy atom. The van der Waals surface area contributed by atoms with Gasteiger partial charge in [-0.2, -0.15) is 0 Å². The lowest BCUT2D eigenvalue weighted by atomic mass is 9.88. The van der Waals surface area contributed by atoms with Crippen LogP contribution in [0.2, 0.25) is 5.02 Å². The van der Waals surface area contributed by atoms with Gasteiger partial charge in [0.05, 0.1) is 4.90 Å². The van der Waals surface area contributed by atoms with Gasteiger partial charge in [0.25, 0.3) is 15.9 Å². The number of rotatable bonds is 6. The van der Waals surface area contributed by atoms with Crippen LogP contribution < -0.4 is 15.6 Å². The summed E-state index contributed by atoms with van der Waals surface area (Å²) in [7, 11) is -3.91. The van der Waals surface area contributed by atoms with Crippen molar-refractivity contribution in [1.29, 1.82) is 0 Å². The standard InChI is InChI=1S/C20H22ClN3O4S/c21-16-8-12-18(13-9-16)29(27,28)24-23-20(26)15-6-10-17(11-7-15)22-19(25)14-4-2-1-3-5-14/h6-14,24H,1-5H2,(H,22,25)(H,23,26). The molecule has 0 radical (unpaired) electrons. The summed E-state index contributed by atoms with van der Waals surface area (Å²) in [5.74, 6) is -0.584. The highest BCUT2D eigenvalue weighted by molar-refractivity contribution is 7.89. The average molecular weight is 436 g/mol. The highest BCUT2D eigenvalue weighted by atomic mass is 35.5. The van der Waals surface area contributed by atoms with E-state index in [1.54, 1.807) is 12.1 Å². The van der Waals surface area contributed by atoms with E-state index in [9.17, 15) is 18.0 Å². The molecule has 154 valence electrons. The van der Waals surface area contributed by atoms with Crippen LogP contribution >= 0.6 is 11.6 Å². The number of sulfonamides is 1. The van der Waals surface area contributed by atoms with Gasteiger partial charge in [-0.05, 0) is 61.4 Å². The zero-order chi connectivity index (χ0) is 20.9. The molecule has 2 aromatic rings. The normalized spacial score (nSPS) is 14.9. The summed E-state index contributed by atoms with van der Waals surface area (Å²) in [4.78, 5) is 26.5. The second-order valence-electron chi connectivity index (χ2n) is 6.92. The molecule has 0 bridgehead atoms. The van der Waals surface area contributed by atoms with Crippen LogP contribution in [0.5, 0.6) is 0 Å². The first kappa shape index (κ1) is 21.3. The Bertz CT molecular complexity index is 970. The van der Waals surface area contributed by atoms with Crippen molar-refractivity contribution in [3.63, 3.8) is 0 Å². The van der Waals surface area contributed by atoms with Crippen molar-refractivity contribution in [2.24, 2.45) is 5.92 Å². The van der Waals surface area contributed by atoms with E-state index < -0.39 is 15.9 Å². The Balaban J connectivity index is 1.56. The van der Waals surface area contributed by atoms with Crippen LogP contribution in [0.15, 0.2) is 53.4 Å². The molecule has 0 heterocycles. The molecule has 3 N–H and O–H groups in total. The first-order valence-electron chi connectivity index (χ1n) is 9.34. The van der Waals surface area contributed by atoms with Gasteiger partial charge in [0.2, 0.25) is 5.91 Å². The fourth-order valence-corrected chi connectivity index (χ4v) is 4.14. The average Bonchev–Trinajstić information content (AvgIpc) is 2.73. The molecule has 1 aliphatic carbocycles.